The average molecular weight is 674 g/mol. The summed E-state index contributed by atoms with van der Waals surface area (Å²) in [6.45, 7) is 0. The Hall–Kier alpha value is -6.96. The van der Waals surface area contributed by atoms with Gasteiger partial charge in [0.1, 0.15) is 0 Å². The Kier molecular flexibility index (Phi) is 7.55. The minimum atomic E-state index is 1.10. The van der Waals surface area contributed by atoms with E-state index in [4.69, 9.17) is 0 Å². The minimum Gasteiger partial charge on any atom is -0.309 e. The average Bonchev–Trinajstić information content (AvgIpc) is 3.24. The van der Waals surface area contributed by atoms with Gasteiger partial charge in [-0.2, -0.15) is 0 Å². The number of anilines is 3. The van der Waals surface area contributed by atoms with Crippen molar-refractivity contribution in [3.8, 4) is 33.4 Å². The van der Waals surface area contributed by atoms with Crippen LogP contribution in [0.3, 0.4) is 0 Å². The third-order valence-electron chi connectivity index (χ3n) is 10.6. The van der Waals surface area contributed by atoms with Gasteiger partial charge in [0.05, 0.1) is 5.69 Å². The van der Waals surface area contributed by atoms with E-state index in [1.54, 1.807) is 0 Å². The molecule has 0 bridgehead atoms. The predicted octanol–water partition coefficient (Wildman–Crippen LogP) is 14.8. The lowest BCUT2D eigenvalue weighted by Crippen LogP contribution is -2.12. The molecule has 0 radical (unpaired) electrons. The molecule has 0 atom stereocenters. The first-order valence-corrected chi connectivity index (χ1v) is 18.3. The Morgan fingerprint density at radius 2 is 0.774 bits per heavy atom. The molecule has 0 heterocycles. The Bertz CT molecular complexity index is 2920. The first kappa shape index (κ1) is 30.8. The van der Waals surface area contributed by atoms with Crippen LogP contribution in [-0.4, -0.2) is 0 Å². The summed E-state index contributed by atoms with van der Waals surface area (Å²) in [6, 6.07) is 77.3. The Labute approximate surface area is 309 Å². The summed E-state index contributed by atoms with van der Waals surface area (Å²) in [4.78, 5) is 2.47. The van der Waals surface area contributed by atoms with Crippen LogP contribution in [0.4, 0.5) is 17.1 Å². The topological polar surface area (TPSA) is 3.24 Å². The standard InChI is InChI=1S/C52H35N/c1-2-15-40(16-3-1)51-49-22-10-8-20-47(49)48-21-9-11-23-50(48)52(51)53(43-31-27-37(28-32-43)42-26-25-36-13-4-5-17-41(36)35-42)44-33-29-39(30-34-44)46-24-12-18-38-14-6-7-19-45(38)46/h1-35H. The van der Waals surface area contributed by atoms with Gasteiger partial charge in [-0.3, -0.25) is 0 Å². The number of benzene rings is 10. The van der Waals surface area contributed by atoms with Crippen molar-refractivity contribution in [1.29, 1.82) is 0 Å². The van der Waals surface area contributed by atoms with E-state index in [0.29, 0.717) is 0 Å². The van der Waals surface area contributed by atoms with E-state index < -0.39 is 0 Å². The Morgan fingerprint density at radius 3 is 1.49 bits per heavy atom. The van der Waals surface area contributed by atoms with Crippen LogP contribution in [0.5, 0.6) is 0 Å². The highest BCUT2D eigenvalue weighted by atomic mass is 15.1. The first-order chi connectivity index (χ1) is 26.3. The third-order valence-corrected chi connectivity index (χ3v) is 10.6. The van der Waals surface area contributed by atoms with Crippen molar-refractivity contribution in [1.82, 2.24) is 0 Å². The normalized spacial score (nSPS) is 11.4. The van der Waals surface area contributed by atoms with Crippen LogP contribution in [0.15, 0.2) is 212 Å². The van der Waals surface area contributed by atoms with E-state index in [2.05, 4.69) is 217 Å². The van der Waals surface area contributed by atoms with Gasteiger partial charge >= 0.3 is 0 Å². The lowest BCUT2D eigenvalue weighted by molar-refractivity contribution is 1.30. The van der Waals surface area contributed by atoms with Gasteiger partial charge in [0.25, 0.3) is 0 Å². The fraction of sp³-hybridized carbons (Fsp3) is 0. The lowest BCUT2D eigenvalue weighted by Gasteiger charge is -2.31. The van der Waals surface area contributed by atoms with Crippen LogP contribution >= 0.6 is 0 Å². The van der Waals surface area contributed by atoms with Gasteiger partial charge in [-0.25, -0.2) is 0 Å². The summed E-state index contributed by atoms with van der Waals surface area (Å²) in [5, 5.41) is 9.94. The second kappa shape index (κ2) is 13.0. The quantitative estimate of drug-likeness (QED) is 0.159. The molecule has 0 unspecified atom stereocenters. The van der Waals surface area contributed by atoms with Crippen molar-refractivity contribution in [2.45, 2.75) is 0 Å². The van der Waals surface area contributed by atoms with E-state index >= 15 is 0 Å². The smallest absolute Gasteiger partial charge is 0.0624 e. The van der Waals surface area contributed by atoms with Crippen LogP contribution in [0.25, 0.3) is 76.5 Å². The van der Waals surface area contributed by atoms with Crippen molar-refractivity contribution < 1.29 is 0 Å². The summed E-state index contributed by atoms with van der Waals surface area (Å²) in [5.41, 5.74) is 10.6. The van der Waals surface area contributed by atoms with E-state index in [1.165, 1.54) is 82.2 Å². The highest BCUT2D eigenvalue weighted by Crippen LogP contribution is 2.49. The molecule has 10 aromatic carbocycles. The first-order valence-electron chi connectivity index (χ1n) is 18.3. The molecule has 0 aliphatic rings. The van der Waals surface area contributed by atoms with Crippen LogP contribution in [0.2, 0.25) is 0 Å². The van der Waals surface area contributed by atoms with Crippen molar-refractivity contribution in [3.63, 3.8) is 0 Å². The predicted molar refractivity (Wildman–Crippen MR) is 227 cm³/mol. The van der Waals surface area contributed by atoms with Crippen LogP contribution in [0, 0.1) is 0 Å². The summed E-state index contributed by atoms with van der Waals surface area (Å²) in [5.74, 6) is 0. The van der Waals surface area contributed by atoms with Crippen molar-refractivity contribution in [2.24, 2.45) is 0 Å². The summed E-state index contributed by atoms with van der Waals surface area (Å²) in [6.07, 6.45) is 0. The molecule has 0 spiro atoms. The monoisotopic (exact) mass is 673 g/mol. The Morgan fingerprint density at radius 1 is 0.264 bits per heavy atom. The molecule has 1 nitrogen and oxygen atoms in total. The molecule has 248 valence electrons. The summed E-state index contributed by atoms with van der Waals surface area (Å²) >= 11 is 0. The van der Waals surface area contributed by atoms with Gasteiger partial charge in [-0.05, 0) is 95.9 Å². The molecule has 0 saturated carbocycles. The summed E-state index contributed by atoms with van der Waals surface area (Å²) < 4.78 is 0. The van der Waals surface area contributed by atoms with Gasteiger partial charge in [-0.15, -0.1) is 0 Å². The van der Waals surface area contributed by atoms with E-state index in [0.717, 1.165) is 11.4 Å². The van der Waals surface area contributed by atoms with Crippen molar-refractivity contribution in [3.05, 3.63) is 212 Å². The molecule has 0 aromatic heterocycles. The maximum absolute atomic E-state index is 2.47. The maximum atomic E-state index is 2.47. The van der Waals surface area contributed by atoms with Crippen molar-refractivity contribution in [2.75, 3.05) is 4.90 Å². The molecule has 0 fully saturated rings. The zero-order valence-electron chi connectivity index (χ0n) is 29.2. The minimum absolute atomic E-state index is 1.10. The molecule has 0 saturated heterocycles. The molecule has 0 N–H and O–H groups in total. The lowest BCUT2D eigenvalue weighted by atomic mass is 9.90. The molecule has 0 aliphatic carbocycles. The molecule has 0 aliphatic heterocycles. The van der Waals surface area contributed by atoms with Crippen LogP contribution in [0.1, 0.15) is 0 Å². The molecule has 1 heteroatoms. The molecular weight excluding hydrogens is 639 g/mol. The third kappa shape index (κ3) is 5.42. The van der Waals surface area contributed by atoms with Crippen LogP contribution < -0.4 is 4.90 Å². The molecule has 53 heavy (non-hydrogen) atoms. The highest BCUT2D eigenvalue weighted by Gasteiger charge is 2.23. The van der Waals surface area contributed by atoms with Gasteiger partial charge in [0.15, 0.2) is 0 Å². The molecule has 10 aromatic rings. The number of hydrogen-bond donors (Lipinski definition) is 0. The van der Waals surface area contributed by atoms with Crippen LogP contribution in [-0.2, 0) is 0 Å². The van der Waals surface area contributed by atoms with Crippen molar-refractivity contribution >= 4 is 60.2 Å². The van der Waals surface area contributed by atoms with E-state index in [-0.39, 0.29) is 0 Å². The van der Waals surface area contributed by atoms with E-state index in [9.17, 15) is 0 Å². The van der Waals surface area contributed by atoms with Gasteiger partial charge < -0.3 is 4.90 Å². The largest absolute Gasteiger partial charge is 0.309 e. The fourth-order valence-corrected chi connectivity index (χ4v) is 8.10. The van der Waals surface area contributed by atoms with E-state index in [1.807, 2.05) is 0 Å². The second-order valence-electron chi connectivity index (χ2n) is 13.7. The maximum Gasteiger partial charge on any atom is 0.0624 e. The highest BCUT2D eigenvalue weighted by molar-refractivity contribution is 6.22. The molecule has 0 amide bonds. The Balaban J connectivity index is 1.21. The fourth-order valence-electron chi connectivity index (χ4n) is 8.10. The number of hydrogen-bond acceptors (Lipinski definition) is 1. The van der Waals surface area contributed by atoms with Gasteiger partial charge in [0.2, 0.25) is 0 Å². The zero-order chi connectivity index (χ0) is 35.1. The molecular formula is C52H35N. The second-order valence-corrected chi connectivity index (χ2v) is 13.7. The number of rotatable bonds is 6. The number of nitrogens with zero attached hydrogens (tertiary/aromatic N) is 1. The summed E-state index contributed by atoms with van der Waals surface area (Å²) in [7, 11) is 0. The number of fused-ring (bicyclic) bond motifs is 5. The zero-order valence-corrected chi connectivity index (χ0v) is 29.2. The van der Waals surface area contributed by atoms with Gasteiger partial charge in [0, 0.05) is 22.3 Å². The molecule has 10 rings (SSSR count). The van der Waals surface area contributed by atoms with Gasteiger partial charge in [-0.1, -0.05) is 182 Å². The SMILES string of the molecule is c1ccc(-c2c(N(c3ccc(-c4ccc5ccccc5c4)cc3)c3ccc(-c4cccc5ccccc45)cc3)c3ccccc3c3ccccc23)cc1.